The van der Waals surface area contributed by atoms with Crippen LogP contribution in [0.1, 0.15) is 45.4 Å². The van der Waals surface area contributed by atoms with Crippen LogP contribution in [0.4, 0.5) is 0 Å². The van der Waals surface area contributed by atoms with Gasteiger partial charge >= 0.3 is 0 Å². The Hall–Kier alpha value is -0.770. The smallest absolute Gasteiger partial charge is 0.191 e. The fourth-order valence-electron chi connectivity index (χ4n) is 3.16. The van der Waals surface area contributed by atoms with Crippen LogP contribution in [0.3, 0.4) is 0 Å². The summed E-state index contributed by atoms with van der Waals surface area (Å²) >= 11 is 0. The van der Waals surface area contributed by atoms with E-state index in [4.69, 9.17) is 4.74 Å². The first-order valence-electron chi connectivity index (χ1n) is 7.85. The standard InChI is InChI=1S/C15H29N3O/c1-12-6-3-4-7-13(12)10-17-15(16-2)18-11-14-8-5-9-19-14/h12-14H,3-11H2,1-2H3,(H2,16,17,18). The van der Waals surface area contributed by atoms with Crippen molar-refractivity contribution in [1.82, 2.24) is 10.6 Å². The molecule has 3 atom stereocenters. The highest BCUT2D eigenvalue weighted by atomic mass is 16.5. The van der Waals surface area contributed by atoms with E-state index in [1.165, 1.54) is 38.5 Å². The Morgan fingerprint density at radius 3 is 2.58 bits per heavy atom. The van der Waals surface area contributed by atoms with Crippen LogP contribution in [0.25, 0.3) is 0 Å². The monoisotopic (exact) mass is 267 g/mol. The number of guanidine groups is 1. The van der Waals surface area contributed by atoms with Gasteiger partial charge in [0, 0.05) is 26.7 Å². The molecule has 110 valence electrons. The maximum Gasteiger partial charge on any atom is 0.191 e. The molecule has 2 N–H and O–H groups in total. The van der Waals surface area contributed by atoms with Crippen molar-refractivity contribution in [2.45, 2.75) is 51.6 Å². The molecule has 1 heterocycles. The average molecular weight is 267 g/mol. The highest BCUT2D eigenvalue weighted by Gasteiger charge is 2.21. The maximum atomic E-state index is 5.61. The van der Waals surface area contributed by atoms with Crippen molar-refractivity contribution >= 4 is 5.96 Å². The summed E-state index contributed by atoms with van der Waals surface area (Å²) in [7, 11) is 1.84. The minimum atomic E-state index is 0.368. The number of ether oxygens (including phenoxy) is 1. The van der Waals surface area contributed by atoms with Crippen LogP contribution in [0, 0.1) is 11.8 Å². The molecule has 2 rings (SSSR count). The zero-order chi connectivity index (χ0) is 13.5. The van der Waals surface area contributed by atoms with Gasteiger partial charge < -0.3 is 15.4 Å². The van der Waals surface area contributed by atoms with Gasteiger partial charge in [0.25, 0.3) is 0 Å². The Kier molecular flexibility index (Phi) is 5.95. The van der Waals surface area contributed by atoms with E-state index in [2.05, 4.69) is 22.5 Å². The van der Waals surface area contributed by atoms with E-state index in [-0.39, 0.29) is 0 Å². The first-order chi connectivity index (χ1) is 9.29. The molecule has 1 aliphatic carbocycles. The molecule has 4 heteroatoms. The first kappa shape index (κ1) is 14.6. The second-order valence-corrected chi connectivity index (χ2v) is 5.99. The highest BCUT2D eigenvalue weighted by molar-refractivity contribution is 5.79. The lowest BCUT2D eigenvalue weighted by atomic mass is 9.80. The molecule has 2 aliphatic rings. The fraction of sp³-hybridized carbons (Fsp3) is 0.933. The molecule has 1 saturated carbocycles. The van der Waals surface area contributed by atoms with Crippen LogP contribution in [0.5, 0.6) is 0 Å². The summed E-state index contributed by atoms with van der Waals surface area (Å²) in [6, 6.07) is 0. The van der Waals surface area contributed by atoms with Gasteiger partial charge in [0.05, 0.1) is 6.10 Å². The van der Waals surface area contributed by atoms with Gasteiger partial charge in [0.15, 0.2) is 5.96 Å². The van der Waals surface area contributed by atoms with E-state index in [1.807, 2.05) is 7.05 Å². The number of aliphatic imine (C=N–C) groups is 1. The molecule has 1 aliphatic heterocycles. The lowest BCUT2D eigenvalue weighted by Gasteiger charge is -2.29. The SMILES string of the molecule is CN=C(NCC1CCCO1)NCC1CCCCC1C. The lowest BCUT2D eigenvalue weighted by Crippen LogP contribution is -2.43. The summed E-state index contributed by atoms with van der Waals surface area (Å²) in [5.74, 6) is 2.57. The zero-order valence-electron chi connectivity index (χ0n) is 12.5. The normalized spacial score (nSPS) is 32.3. The van der Waals surface area contributed by atoms with E-state index in [0.29, 0.717) is 6.10 Å². The Bertz CT molecular complexity index is 287. The van der Waals surface area contributed by atoms with Crippen molar-refractivity contribution in [2.75, 3.05) is 26.7 Å². The van der Waals surface area contributed by atoms with Gasteiger partial charge in [-0.3, -0.25) is 4.99 Å². The van der Waals surface area contributed by atoms with Crippen LogP contribution in [0.2, 0.25) is 0 Å². The summed E-state index contributed by atoms with van der Waals surface area (Å²) < 4.78 is 5.61. The van der Waals surface area contributed by atoms with Crippen molar-refractivity contribution in [3.63, 3.8) is 0 Å². The molecule has 0 aromatic carbocycles. The number of rotatable bonds is 4. The predicted molar refractivity (Wildman–Crippen MR) is 79.5 cm³/mol. The summed E-state index contributed by atoms with van der Waals surface area (Å²) in [4.78, 5) is 4.30. The summed E-state index contributed by atoms with van der Waals surface area (Å²) in [6.07, 6.45) is 8.27. The van der Waals surface area contributed by atoms with Gasteiger partial charge in [-0.1, -0.05) is 26.2 Å². The number of nitrogens with one attached hydrogen (secondary N) is 2. The van der Waals surface area contributed by atoms with Crippen molar-refractivity contribution in [2.24, 2.45) is 16.8 Å². The van der Waals surface area contributed by atoms with E-state index < -0.39 is 0 Å². The van der Waals surface area contributed by atoms with E-state index in [0.717, 1.165) is 37.5 Å². The van der Waals surface area contributed by atoms with Crippen molar-refractivity contribution < 1.29 is 4.74 Å². The summed E-state index contributed by atoms with van der Waals surface area (Å²) in [5, 5.41) is 6.86. The van der Waals surface area contributed by atoms with Crippen molar-refractivity contribution in [3.8, 4) is 0 Å². The largest absolute Gasteiger partial charge is 0.376 e. The second-order valence-electron chi connectivity index (χ2n) is 5.99. The van der Waals surface area contributed by atoms with Crippen molar-refractivity contribution in [3.05, 3.63) is 0 Å². The molecule has 0 amide bonds. The quantitative estimate of drug-likeness (QED) is 0.606. The molecule has 19 heavy (non-hydrogen) atoms. The molecule has 0 bridgehead atoms. The van der Waals surface area contributed by atoms with Crippen LogP contribution in [0.15, 0.2) is 4.99 Å². The van der Waals surface area contributed by atoms with Crippen molar-refractivity contribution in [1.29, 1.82) is 0 Å². The molecule has 2 fully saturated rings. The second kappa shape index (κ2) is 7.73. The van der Waals surface area contributed by atoms with Gasteiger partial charge in [-0.2, -0.15) is 0 Å². The third-order valence-corrected chi connectivity index (χ3v) is 4.57. The average Bonchev–Trinajstić information content (AvgIpc) is 2.94. The van der Waals surface area contributed by atoms with Gasteiger partial charge in [0.2, 0.25) is 0 Å². The predicted octanol–water partition coefficient (Wildman–Crippen LogP) is 2.16. The zero-order valence-corrected chi connectivity index (χ0v) is 12.5. The van der Waals surface area contributed by atoms with Crippen LogP contribution < -0.4 is 10.6 Å². The Balaban J connectivity index is 1.66. The molecule has 0 spiro atoms. The Labute approximate surface area is 117 Å². The third kappa shape index (κ3) is 4.68. The lowest BCUT2D eigenvalue weighted by molar-refractivity contribution is 0.113. The first-order valence-corrected chi connectivity index (χ1v) is 7.85. The molecule has 4 nitrogen and oxygen atoms in total. The molecule has 0 aromatic rings. The molecule has 3 unspecified atom stereocenters. The van der Waals surface area contributed by atoms with Crippen LogP contribution >= 0.6 is 0 Å². The molecule has 0 aromatic heterocycles. The van der Waals surface area contributed by atoms with Crippen LogP contribution in [-0.4, -0.2) is 38.8 Å². The summed E-state index contributed by atoms with van der Waals surface area (Å²) in [5.41, 5.74) is 0. The minimum Gasteiger partial charge on any atom is -0.376 e. The van der Waals surface area contributed by atoms with E-state index in [9.17, 15) is 0 Å². The van der Waals surface area contributed by atoms with E-state index >= 15 is 0 Å². The topological polar surface area (TPSA) is 45.7 Å². The van der Waals surface area contributed by atoms with Gasteiger partial charge in [-0.25, -0.2) is 0 Å². The number of hydrogen-bond acceptors (Lipinski definition) is 2. The minimum absolute atomic E-state index is 0.368. The van der Waals surface area contributed by atoms with Gasteiger partial charge in [-0.15, -0.1) is 0 Å². The number of hydrogen-bond donors (Lipinski definition) is 2. The number of nitrogens with zero attached hydrogens (tertiary/aromatic N) is 1. The molecular weight excluding hydrogens is 238 g/mol. The fourth-order valence-corrected chi connectivity index (χ4v) is 3.16. The summed E-state index contributed by atoms with van der Waals surface area (Å²) in [6.45, 7) is 5.22. The molecule has 1 saturated heterocycles. The Morgan fingerprint density at radius 1 is 1.11 bits per heavy atom. The Morgan fingerprint density at radius 2 is 1.89 bits per heavy atom. The van der Waals surface area contributed by atoms with E-state index in [1.54, 1.807) is 0 Å². The molecular formula is C15H29N3O. The molecule has 0 radical (unpaired) electrons. The van der Waals surface area contributed by atoms with Gasteiger partial charge in [-0.05, 0) is 31.1 Å². The maximum absolute atomic E-state index is 5.61. The van der Waals surface area contributed by atoms with Crippen LogP contribution in [-0.2, 0) is 4.74 Å². The third-order valence-electron chi connectivity index (χ3n) is 4.57. The highest BCUT2D eigenvalue weighted by Crippen LogP contribution is 2.28. The van der Waals surface area contributed by atoms with Gasteiger partial charge in [0.1, 0.15) is 0 Å².